The van der Waals surface area contributed by atoms with Crippen LogP contribution in [-0.2, 0) is 0 Å². The second-order valence-corrected chi connectivity index (χ2v) is 4.99. The van der Waals surface area contributed by atoms with Crippen LogP contribution in [0.5, 0.6) is 0 Å². The molecular weight excluding hydrogens is 172 g/mol. The van der Waals surface area contributed by atoms with Gasteiger partial charge in [0.1, 0.15) is 0 Å². The Morgan fingerprint density at radius 1 is 1.00 bits per heavy atom. The summed E-state index contributed by atoms with van der Waals surface area (Å²) in [5.74, 6) is 2.23. The largest absolute Gasteiger partial charge is 0.319 e. The third kappa shape index (κ3) is 4.97. The van der Waals surface area contributed by atoms with Gasteiger partial charge < -0.3 is 10.6 Å². The lowest BCUT2D eigenvalue weighted by Gasteiger charge is -2.31. The van der Waals surface area contributed by atoms with Crippen molar-refractivity contribution in [3.63, 3.8) is 0 Å². The van der Waals surface area contributed by atoms with Crippen molar-refractivity contribution in [1.82, 2.24) is 10.6 Å². The summed E-state index contributed by atoms with van der Waals surface area (Å²) < 4.78 is 0. The molecule has 0 aliphatic carbocycles. The number of hydrogen-bond acceptors (Lipinski definition) is 2. The predicted molar refractivity (Wildman–Crippen MR) is 64.6 cm³/mol. The van der Waals surface area contributed by atoms with E-state index < -0.39 is 0 Å². The first kappa shape index (κ1) is 13.9. The lowest BCUT2D eigenvalue weighted by atomic mass is 9.84. The third-order valence-electron chi connectivity index (χ3n) is 2.91. The van der Waals surface area contributed by atoms with Gasteiger partial charge in [-0.2, -0.15) is 0 Å². The van der Waals surface area contributed by atoms with E-state index in [9.17, 15) is 0 Å². The zero-order chi connectivity index (χ0) is 11.1. The van der Waals surface area contributed by atoms with Crippen molar-refractivity contribution in [3.05, 3.63) is 0 Å². The minimum atomic E-state index is 0.641. The SMILES string of the molecule is CNCC(C(C)C)C(CC(C)C)NC. The summed E-state index contributed by atoms with van der Waals surface area (Å²) in [6.07, 6.45) is 1.26. The van der Waals surface area contributed by atoms with E-state index in [-0.39, 0.29) is 0 Å². The van der Waals surface area contributed by atoms with Crippen LogP contribution in [-0.4, -0.2) is 26.7 Å². The Hall–Kier alpha value is -0.0800. The minimum Gasteiger partial charge on any atom is -0.319 e. The molecule has 0 aliphatic heterocycles. The van der Waals surface area contributed by atoms with E-state index in [4.69, 9.17) is 0 Å². The van der Waals surface area contributed by atoms with Gasteiger partial charge in [-0.05, 0) is 44.8 Å². The first-order chi connectivity index (χ1) is 6.52. The highest BCUT2D eigenvalue weighted by Gasteiger charge is 2.22. The average Bonchev–Trinajstić information content (AvgIpc) is 2.10. The molecule has 86 valence electrons. The topological polar surface area (TPSA) is 24.1 Å². The highest BCUT2D eigenvalue weighted by Crippen LogP contribution is 2.19. The van der Waals surface area contributed by atoms with E-state index in [0.29, 0.717) is 6.04 Å². The predicted octanol–water partition coefficient (Wildman–Crippen LogP) is 2.11. The normalized spacial score (nSPS) is 16.3. The molecule has 0 rings (SSSR count). The third-order valence-corrected chi connectivity index (χ3v) is 2.91. The summed E-state index contributed by atoms with van der Waals surface area (Å²) in [5, 5.41) is 6.76. The Kier molecular flexibility index (Phi) is 7.20. The number of rotatable bonds is 7. The van der Waals surface area contributed by atoms with Gasteiger partial charge >= 0.3 is 0 Å². The van der Waals surface area contributed by atoms with Gasteiger partial charge in [-0.15, -0.1) is 0 Å². The lowest BCUT2D eigenvalue weighted by molar-refractivity contribution is 0.251. The van der Waals surface area contributed by atoms with E-state index in [2.05, 4.69) is 45.4 Å². The van der Waals surface area contributed by atoms with Crippen molar-refractivity contribution in [2.75, 3.05) is 20.6 Å². The molecule has 0 saturated heterocycles. The lowest BCUT2D eigenvalue weighted by Crippen LogP contribution is -2.42. The van der Waals surface area contributed by atoms with Gasteiger partial charge in [0.25, 0.3) is 0 Å². The van der Waals surface area contributed by atoms with Crippen LogP contribution < -0.4 is 10.6 Å². The standard InChI is InChI=1S/C12H28N2/c1-9(2)7-12(14-6)11(8-13-5)10(3)4/h9-14H,7-8H2,1-6H3. The van der Waals surface area contributed by atoms with Crippen LogP contribution in [0.15, 0.2) is 0 Å². The first-order valence-electron chi connectivity index (χ1n) is 5.84. The molecule has 2 nitrogen and oxygen atoms in total. The molecule has 0 aromatic rings. The molecular formula is C12H28N2. The fourth-order valence-electron chi connectivity index (χ4n) is 2.09. The summed E-state index contributed by atoms with van der Waals surface area (Å²) in [6.45, 7) is 10.3. The minimum absolute atomic E-state index is 0.641. The van der Waals surface area contributed by atoms with Crippen LogP contribution in [0, 0.1) is 17.8 Å². The Morgan fingerprint density at radius 3 is 1.86 bits per heavy atom. The van der Waals surface area contributed by atoms with Gasteiger partial charge in [-0.25, -0.2) is 0 Å². The van der Waals surface area contributed by atoms with Crippen molar-refractivity contribution in [3.8, 4) is 0 Å². The zero-order valence-electron chi connectivity index (χ0n) is 10.7. The highest BCUT2D eigenvalue weighted by molar-refractivity contribution is 4.79. The maximum atomic E-state index is 3.46. The maximum Gasteiger partial charge on any atom is 0.0109 e. The van der Waals surface area contributed by atoms with Crippen LogP contribution in [0.2, 0.25) is 0 Å². The van der Waals surface area contributed by atoms with Gasteiger partial charge in [-0.1, -0.05) is 27.7 Å². The number of hydrogen-bond donors (Lipinski definition) is 2. The highest BCUT2D eigenvalue weighted by atomic mass is 14.9. The zero-order valence-corrected chi connectivity index (χ0v) is 10.7. The van der Waals surface area contributed by atoms with Gasteiger partial charge in [0.15, 0.2) is 0 Å². The van der Waals surface area contributed by atoms with E-state index in [1.165, 1.54) is 6.42 Å². The summed E-state index contributed by atoms with van der Waals surface area (Å²) in [5.41, 5.74) is 0. The monoisotopic (exact) mass is 200 g/mol. The first-order valence-corrected chi connectivity index (χ1v) is 5.84. The molecule has 0 aliphatic rings. The summed E-state index contributed by atoms with van der Waals surface area (Å²) in [4.78, 5) is 0. The molecule has 0 bridgehead atoms. The Morgan fingerprint density at radius 2 is 1.57 bits per heavy atom. The van der Waals surface area contributed by atoms with Crippen molar-refractivity contribution >= 4 is 0 Å². The molecule has 14 heavy (non-hydrogen) atoms. The molecule has 2 N–H and O–H groups in total. The molecule has 0 saturated carbocycles. The fourth-order valence-corrected chi connectivity index (χ4v) is 2.09. The van der Waals surface area contributed by atoms with E-state index in [1.807, 2.05) is 7.05 Å². The van der Waals surface area contributed by atoms with Crippen molar-refractivity contribution in [2.24, 2.45) is 17.8 Å². The van der Waals surface area contributed by atoms with Crippen LogP contribution in [0.4, 0.5) is 0 Å². The molecule has 2 heteroatoms. The molecule has 0 fully saturated rings. The maximum absolute atomic E-state index is 3.46. The van der Waals surface area contributed by atoms with Gasteiger partial charge in [0.05, 0.1) is 0 Å². The van der Waals surface area contributed by atoms with E-state index in [0.717, 1.165) is 24.3 Å². The Bertz CT molecular complexity index is 132. The quantitative estimate of drug-likeness (QED) is 0.658. The van der Waals surface area contributed by atoms with E-state index >= 15 is 0 Å². The second kappa shape index (κ2) is 7.24. The molecule has 0 spiro atoms. The van der Waals surface area contributed by atoms with Gasteiger partial charge in [0, 0.05) is 6.04 Å². The molecule has 2 atom stereocenters. The fraction of sp³-hybridized carbons (Fsp3) is 1.00. The molecule has 0 aromatic heterocycles. The van der Waals surface area contributed by atoms with Crippen molar-refractivity contribution < 1.29 is 0 Å². The van der Waals surface area contributed by atoms with Crippen molar-refractivity contribution in [1.29, 1.82) is 0 Å². The van der Waals surface area contributed by atoms with E-state index in [1.54, 1.807) is 0 Å². The average molecular weight is 200 g/mol. The van der Waals surface area contributed by atoms with Crippen LogP contribution in [0.1, 0.15) is 34.1 Å². The summed E-state index contributed by atoms with van der Waals surface area (Å²) in [7, 11) is 4.12. The Labute approximate surface area is 89.9 Å². The van der Waals surface area contributed by atoms with Gasteiger partial charge in [-0.3, -0.25) is 0 Å². The Balaban J connectivity index is 4.25. The molecule has 0 radical (unpaired) electrons. The van der Waals surface area contributed by atoms with Crippen LogP contribution in [0.25, 0.3) is 0 Å². The van der Waals surface area contributed by atoms with Crippen LogP contribution >= 0.6 is 0 Å². The molecule has 0 heterocycles. The molecule has 0 amide bonds. The van der Waals surface area contributed by atoms with Gasteiger partial charge in [0.2, 0.25) is 0 Å². The summed E-state index contributed by atoms with van der Waals surface area (Å²) in [6, 6.07) is 0.641. The number of nitrogens with one attached hydrogen (secondary N) is 2. The summed E-state index contributed by atoms with van der Waals surface area (Å²) >= 11 is 0. The molecule has 0 aromatic carbocycles. The smallest absolute Gasteiger partial charge is 0.0109 e. The van der Waals surface area contributed by atoms with Crippen molar-refractivity contribution in [2.45, 2.75) is 40.2 Å². The molecule has 2 unspecified atom stereocenters. The second-order valence-electron chi connectivity index (χ2n) is 4.99. The van der Waals surface area contributed by atoms with Crippen LogP contribution in [0.3, 0.4) is 0 Å².